The zero-order chi connectivity index (χ0) is 17.5. The second-order valence-electron chi connectivity index (χ2n) is 6.73. The molecule has 2 atom stereocenters. The van der Waals surface area contributed by atoms with Crippen LogP contribution >= 0.6 is 23.5 Å². The normalized spacial score (nSPS) is 25.8. The van der Waals surface area contributed by atoms with Gasteiger partial charge in [0.2, 0.25) is 0 Å². The van der Waals surface area contributed by atoms with Crippen molar-refractivity contribution in [2.75, 3.05) is 24.8 Å². The Hall–Kier alpha value is -1.18. The molecule has 24 heavy (non-hydrogen) atoms. The molecule has 0 aliphatic carbocycles. The standard InChI is InChI=1S/C17H22N2O3S2/c1-16(2,3)22-15(20)19-12-9-7-6-8-11(12)17(13(19)21-4)10-18-14(23-5)24-17/h6-9,13H,10H2,1-5H3/t13-,17-/m0/s1. The van der Waals surface area contributed by atoms with Crippen LogP contribution in [-0.2, 0) is 14.2 Å². The average molecular weight is 367 g/mol. The Morgan fingerprint density at radius 2 is 2.12 bits per heavy atom. The molecule has 1 aromatic rings. The van der Waals surface area contributed by atoms with E-state index in [1.165, 1.54) is 0 Å². The summed E-state index contributed by atoms with van der Waals surface area (Å²) in [6.45, 7) is 6.18. The lowest BCUT2D eigenvalue weighted by atomic mass is 9.99. The zero-order valence-electron chi connectivity index (χ0n) is 14.5. The highest BCUT2D eigenvalue weighted by Crippen LogP contribution is 2.56. The third kappa shape index (κ3) is 2.82. The fourth-order valence-corrected chi connectivity index (χ4v) is 5.22. The lowest BCUT2D eigenvalue weighted by Gasteiger charge is -2.33. The van der Waals surface area contributed by atoms with Crippen LogP contribution in [0, 0.1) is 0 Å². The number of amides is 1. The predicted molar refractivity (Wildman–Crippen MR) is 101 cm³/mol. The number of ether oxygens (including phenoxy) is 2. The highest BCUT2D eigenvalue weighted by molar-refractivity contribution is 8.39. The molecule has 1 spiro atoms. The van der Waals surface area contributed by atoms with E-state index in [4.69, 9.17) is 9.47 Å². The van der Waals surface area contributed by atoms with Crippen LogP contribution in [0.5, 0.6) is 0 Å². The first kappa shape index (κ1) is 17.6. The van der Waals surface area contributed by atoms with E-state index in [0.717, 1.165) is 15.6 Å². The number of rotatable bonds is 1. The van der Waals surface area contributed by atoms with Crippen LogP contribution in [-0.4, -0.2) is 42.2 Å². The van der Waals surface area contributed by atoms with Gasteiger partial charge < -0.3 is 9.47 Å². The van der Waals surface area contributed by atoms with E-state index in [1.54, 1.807) is 35.5 Å². The van der Waals surface area contributed by atoms with E-state index in [-0.39, 0.29) is 0 Å². The summed E-state index contributed by atoms with van der Waals surface area (Å²) < 4.78 is 12.0. The monoisotopic (exact) mass is 366 g/mol. The number of hydrogen-bond donors (Lipinski definition) is 0. The average Bonchev–Trinajstić information content (AvgIpc) is 3.07. The topological polar surface area (TPSA) is 51.1 Å². The maximum Gasteiger partial charge on any atom is 0.417 e. The first-order chi connectivity index (χ1) is 11.3. The maximum absolute atomic E-state index is 12.9. The minimum Gasteiger partial charge on any atom is -0.443 e. The first-order valence-corrected chi connectivity index (χ1v) is 9.78. The molecule has 7 heteroatoms. The zero-order valence-corrected chi connectivity index (χ0v) is 16.2. The van der Waals surface area contributed by atoms with E-state index < -0.39 is 22.7 Å². The molecule has 0 bridgehead atoms. The number of carbonyl (C=O) groups excluding carboxylic acids is 1. The summed E-state index contributed by atoms with van der Waals surface area (Å²) in [5, 5.41) is 0. The first-order valence-electron chi connectivity index (χ1n) is 7.74. The van der Waals surface area contributed by atoms with Gasteiger partial charge in [0.15, 0.2) is 6.23 Å². The van der Waals surface area contributed by atoms with Gasteiger partial charge >= 0.3 is 6.09 Å². The summed E-state index contributed by atoms with van der Waals surface area (Å²) in [7, 11) is 1.63. The van der Waals surface area contributed by atoms with Crippen molar-refractivity contribution in [3.8, 4) is 0 Å². The number of anilines is 1. The minimum atomic E-state index is -0.566. The number of hydrogen-bond acceptors (Lipinski definition) is 6. The molecule has 0 N–H and O–H groups in total. The van der Waals surface area contributed by atoms with Crippen molar-refractivity contribution in [1.29, 1.82) is 0 Å². The summed E-state index contributed by atoms with van der Waals surface area (Å²) in [4.78, 5) is 19.1. The van der Waals surface area contributed by atoms with E-state index in [9.17, 15) is 4.79 Å². The Morgan fingerprint density at radius 3 is 2.71 bits per heavy atom. The molecular formula is C17H22N2O3S2. The number of thioether (sulfide) groups is 2. The fourth-order valence-electron chi connectivity index (χ4n) is 3.09. The van der Waals surface area contributed by atoms with Gasteiger partial charge in [-0.25, -0.2) is 9.69 Å². The van der Waals surface area contributed by atoms with E-state index in [0.29, 0.717) is 6.54 Å². The molecule has 0 aromatic heterocycles. The molecule has 2 aliphatic rings. The molecule has 5 nitrogen and oxygen atoms in total. The second-order valence-corrected chi connectivity index (χ2v) is 9.11. The summed E-state index contributed by atoms with van der Waals surface area (Å²) >= 11 is 3.30. The number of carbonyl (C=O) groups is 1. The molecule has 3 rings (SSSR count). The van der Waals surface area contributed by atoms with Crippen molar-refractivity contribution in [2.45, 2.75) is 37.3 Å². The minimum absolute atomic E-state index is 0.392. The Morgan fingerprint density at radius 1 is 1.42 bits per heavy atom. The number of fused-ring (bicyclic) bond motifs is 2. The molecule has 1 amide bonds. The van der Waals surface area contributed by atoms with Crippen molar-refractivity contribution in [3.63, 3.8) is 0 Å². The molecule has 2 aliphatic heterocycles. The van der Waals surface area contributed by atoms with Gasteiger partial charge in [0.1, 0.15) is 14.7 Å². The van der Waals surface area contributed by atoms with Gasteiger partial charge in [-0.1, -0.05) is 30.0 Å². The third-order valence-corrected chi connectivity index (χ3v) is 6.40. The van der Waals surface area contributed by atoms with Crippen LogP contribution in [0.1, 0.15) is 26.3 Å². The van der Waals surface area contributed by atoms with Crippen molar-refractivity contribution >= 4 is 39.7 Å². The number of nitrogens with zero attached hydrogens (tertiary/aromatic N) is 2. The highest BCUT2D eigenvalue weighted by atomic mass is 32.2. The van der Waals surface area contributed by atoms with E-state index in [2.05, 4.69) is 11.1 Å². The molecule has 0 radical (unpaired) electrons. The van der Waals surface area contributed by atoms with Gasteiger partial charge in [-0.15, -0.1) is 11.8 Å². The lowest BCUT2D eigenvalue weighted by molar-refractivity contribution is 0.0337. The number of aliphatic imine (C=N–C) groups is 1. The van der Waals surface area contributed by atoms with Gasteiger partial charge in [-0.2, -0.15) is 0 Å². The van der Waals surface area contributed by atoms with Crippen LogP contribution < -0.4 is 4.90 Å². The fraction of sp³-hybridized carbons (Fsp3) is 0.529. The Bertz CT molecular complexity index is 687. The number of para-hydroxylation sites is 1. The van der Waals surface area contributed by atoms with Crippen molar-refractivity contribution < 1.29 is 14.3 Å². The van der Waals surface area contributed by atoms with Crippen molar-refractivity contribution in [3.05, 3.63) is 29.8 Å². The summed E-state index contributed by atoms with van der Waals surface area (Å²) in [6.07, 6.45) is 1.17. The third-order valence-electron chi connectivity index (χ3n) is 3.95. The Balaban J connectivity index is 2.04. The SMILES string of the molecule is CO[C@@H]1N(C(=O)OC(C)(C)C)c2ccccc2[C@@]12CN=C(SC)S2. The molecule has 0 saturated carbocycles. The molecular weight excluding hydrogens is 344 g/mol. The molecule has 2 heterocycles. The number of benzene rings is 1. The van der Waals surface area contributed by atoms with Crippen molar-refractivity contribution in [1.82, 2.24) is 0 Å². The second kappa shape index (κ2) is 6.28. The van der Waals surface area contributed by atoms with Crippen LogP contribution in [0.2, 0.25) is 0 Å². The van der Waals surface area contributed by atoms with Gasteiger partial charge in [0.05, 0.1) is 12.2 Å². The largest absolute Gasteiger partial charge is 0.443 e. The van der Waals surface area contributed by atoms with Gasteiger partial charge in [-0.05, 0) is 38.7 Å². The summed E-state index contributed by atoms with van der Waals surface area (Å²) in [6, 6.07) is 7.91. The van der Waals surface area contributed by atoms with Gasteiger partial charge in [0, 0.05) is 7.11 Å². The maximum atomic E-state index is 12.9. The molecule has 0 unspecified atom stereocenters. The van der Waals surface area contributed by atoms with Crippen LogP contribution in [0.25, 0.3) is 0 Å². The summed E-state index contributed by atoms with van der Waals surface area (Å²) in [5.74, 6) is 0. The highest BCUT2D eigenvalue weighted by Gasteiger charge is 2.57. The van der Waals surface area contributed by atoms with E-state index in [1.807, 2.05) is 45.2 Å². The Labute approximate surface area is 151 Å². The molecule has 0 fully saturated rings. The van der Waals surface area contributed by atoms with Crippen LogP contribution in [0.3, 0.4) is 0 Å². The van der Waals surface area contributed by atoms with Crippen molar-refractivity contribution in [2.24, 2.45) is 4.99 Å². The van der Waals surface area contributed by atoms with Crippen LogP contribution in [0.4, 0.5) is 10.5 Å². The molecule has 1 aromatic carbocycles. The lowest BCUT2D eigenvalue weighted by Crippen LogP contribution is -2.49. The van der Waals surface area contributed by atoms with Gasteiger partial charge in [-0.3, -0.25) is 4.99 Å². The molecule has 0 saturated heterocycles. The quantitative estimate of drug-likeness (QED) is 0.750. The smallest absolute Gasteiger partial charge is 0.417 e. The Kier molecular flexibility index (Phi) is 4.61. The summed E-state index contributed by atoms with van der Waals surface area (Å²) in [5.41, 5.74) is 1.34. The number of methoxy groups -OCH3 is 1. The van der Waals surface area contributed by atoms with Gasteiger partial charge in [0.25, 0.3) is 0 Å². The predicted octanol–water partition coefficient (Wildman–Crippen LogP) is 4.08. The van der Waals surface area contributed by atoms with Crippen LogP contribution in [0.15, 0.2) is 29.3 Å². The van der Waals surface area contributed by atoms with E-state index >= 15 is 0 Å². The molecule has 130 valence electrons.